The first kappa shape index (κ1) is 24.6. The lowest BCUT2D eigenvalue weighted by molar-refractivity contribution is -0.818. The molecule has 0 radical (unpaired) electrons. The van der Waals surface area contributed by atoms with E-state index in [-0.39, 0.29) is 36.0 Å². The number of quaternary nitrogens is 1. The Kier molecular flexibility index (Phi) is 6.75. The van der Waals surface area contributed by atoms with Crippen LogP contribution in [0.4, 0.5) is 5.69 Å². The molecule has 2 aliphatic carbocycles. The van der Waals surface area contributed by atoms with Crippen molar-refractivity contribution in [1.82, 2.24) is 4.90 Å². The van der Waals surface area contributed by atoms with E-state index in [1.807, 2.05) is 17.2 Å². The number of benzene rings is 1. The van der Waals surface area contributed by atoms with Gasteiger partial charge in [-0.25, -0.2) is 4.79 Å². The van der Waals surface area contributed by atoms with E-state index >= 15 is 0 Å². The van der Waals surface area contributed by atoms with Crippen molar-refractivity contribution in [1.29, 1.82) is 0 Å². The van der Waals surface area contributed by atoms with Crippen molar-refractivity contribution in [3.05, 3.63) is 69.7 Å². The fraction of sp³-hybridized carbons (Fsp3) is 0.407. The summed E-state index contributed by atoms with van der Waals surface area (Å²) >= 11 is 0. The van der Waals surface area contributed by atoms with Crippen LogP contribution in [0.2, 0.25) is 0 Å². The van der Waals surface area contributed by atoms with Gasteiger partial charge in [0.15, 0.2) is 13.4 Å². The Morgan fingerprint density at radius 1 is 1.29 bits per heavy atom. The molecule has 0 bridgehead atoms. The average molecular weight is 478 g/mol. The summed E-state index contributed by atoms with van der Waals surface area (Å²) in [6, 6.07) is 6.46. The predicted molar refractivity (Wildman–Crippen MR) is 132 cm³/mol. The van der Waals surface area contributed by atoms with E-state index in [1.54, 1.807) is 49.9 Å². The van der Waals surface area contributed by atoms with Gasteiger partial charge in [-0.05, 0) is 75.4 Å². The third-order valence-corrected chi connectivity index (χ3v) is 6.53. The predicted octanol–water partition coefficient (Wildman–Crippen LogP) is 2.66. The largest absolute Gasteiger partial charge is 0.628 e. The second-order valence-corrected chi connectivity index (χ2v) is 10.1. The molecule has 8 heteroatoms. The minimum Gasteiger partial charge on any atom is -0.628 e. The van der Waals surface area contributed by atoms with Gasteiger partial charge in [0.05, 0.1) is 29.1 Å². The number of carboxylic acids is 1. The zero-order valence-corrected chi connectivity index (χ0v) is 20.3. The van der Waals surface area contributed by atoms with Gasteiger partial charge in [-0.1, -0.05) is 5.92 Å². The molecule has 0 spiro atoms. The minimum atomic E-state index is -0.985. The van der Waals surface area contributed by atoms with E-state index in [9.17, 15) is 19.9 Å². The lowest BCUT2D eigenvalue weighted by atomic mass is 9.87. The van der Waals surface area contributed by atoms with Crippen molar-refractivity contribution in [2.45, 2.75) is 46.1 Å². The van der Waals surface area contributed by atoms with Crippen LogP contribution < -0.4 is 9.96 Å². The molecule has 1 aliphatic heterocycles. The van der Waals surface area contributed by atoms with Crippen LogP contribution in [-0.4, -0.2) is 47.9 Å². The first-order chi connectivity index (χ1) is 16.6. The molecule has 1 aromatic rings. The molecule has 1 aromatic carbocycles. The second kappa shape index (κ2) is 9.61. The Balaban J connectivity index is 1.65. The average Bonchev–Trinajstić information content (AvgIpc) is 3.31. The van der Waals surface area contributed by atoms with E-state index in [0.29, 0.717) is 12.2 Å². The van der Waals surface area contributed by atoms with Crippen LogP contribution in [0.5, 0.6) is 0 Å². The minimum absolute atomic E-state index is 0.0281. The normalized spacial score (nSPS) is 21.4. The highest BCUT2D eigenvalue weighted by molar-refractivity contribution is 5.88. The highest BCUT2D eigenvalue weighted by Crippen LogP contribution is 2.42. The number of nitrogens with zero attached hydrogens (tertiary/aromatic N) is 2. The molecule has 2 unspecified atom stereocenters. The first-order valence-electron chi connectivity index (χ1n) is 11.7. The number of rotatable bonds is 6. The topological polar surface area (TPSA) is 97.6 Å². The number of carboxylic acid groups (broad SMARTS) is 1. The van der Waals surface area contributed by atoms with Gasteiger partial charge in [0.25, 0.3) is 0 Å². The first-order valence-corrected chi connectivity index (χ1v) is 11.7. The Bertz CT molecular complexity index is 1150. The highest BCUT2D eigenvalue weighted by Gasteiger charge is 2.38. The maximum absolute atomic E-state index is 13.2. The van der Waals surface area contributed by atoms with E-state index in [2.05, 4.69) is 5.92 Å². The molecule has 184 valence electrons. The Morgan fingerprint density at radius 3 is 2.63 bits per heavy atom. The number of allylic oxidation sites excluding steroid dienone is 1. The third-order valence-electron chi connectivity index (χ3n) is 6.53. The summed E-state index contributed by atoms with van der Waals surface area (Å²) in [5, 5.41) is 22.4. The second-order valence-electron chi connectivity index (χ2n) is 10.1. The van der Waals surface area contributed by atoms with Crippen molar-refractivity contribution < 1.29 is 24.5 Å². The van der Waals surface area contributed by atoms with E-state index in [1.165, 1.54) is 5.57 Å². The summed E-state index contributed by atoms with van der Waals surface area (Å²) in [4.78, 5) is 27.3. The molecule has 4 rings (SSSR count). The van der Waals surface area contributed by atoms with E-state index < -0.39 is 11.4 Å². The summed E-state index contributed by atoms with van der Waals surface area (Å²) < 4.78 is 5.44. The number of ether oxygens (including phenoxy) is 1. The van der Waals surface area contributed by atoms with Gasteiger partial charge in [-0.15, -0.1) is 6.42 Å². The van der Waals surface area contributed by atoms with E-state index in [0.717, 1.165) is 36.1 Å². The molecular weight excluding hydrogens is 446 g/mol. The molecule has 1 heterocycles. The monoisotopic (exact) mass is 477 g/mol. The zero-order chi connectivity index (χ0) is 25.3. The lowest BCUT2D eigenvalue weighted by Gasteiger charge is -2.41. The van der Waals surface area contributed by atoms with Crippen molar-refractivity contribution in [3.63, 3.8) is 0 Å². The summed E-state index contributed by atoms with van der Waals surface area (Å²) in [6.07, 6.45) is 12.4. The lowest BCUT2D eigenvalue weighted by Crippen LogP contribution is -3.08. The molecule has 0 aromatic heterocycles. The summed E-state index contributed by atoms with van der Waals surface area (Å²) in [5.41, 5.74) is 4.34. The fourth-order valence-electron chi connectivity index (χ4n) is 4.76. The highest BCUT2D eigenvalue weighted by atomic mass is 16.5. The molecule has 0 saturated heterocycles. The van der Waals surface area contributed by atoms with Crippen LogP contribution in [0.3, 0.4) is 0 Å². The molecule has 0 amide bonds. The number of carbonyl (C=O) groups is 2. The van der Waals surface area contributed by atoms with Crippen molar-refractivity contribution in [2.24, 2.45) is 5.41 Å². The molecule has 8 nitrogen and oxygen atoms in total. The van der Waals surface area contributed by atoms with Crippen molar-refractivity contribution in [2.75, 3.05) is 24.8 Å². The zero-order valence-electron chi connectivity index (χ0n) is 20.3. The molecule has 2 atom stereocenters. The SMILES string of the molecule is C#CCN(c1ccc(C(=O)O)cc1)C1C=C2C(=CN(COC(=O)C(C)(C)C)C[NH+]2[O-])C2=C1CCC2. The molecule has 0 fully saturated rings. The molecule has 0 saturated carbocycles. The van der Waals surface area contributed by atoms with Gasteiger partial charge in [-0.3, -0.25) is 9.69 Å². The summed E-state index contributed by atoms with van der Waals surface area (Å²) in [7, 11) is 0. The number of fused-ring (bicyclic) bond motifs is 2. The summed E-state index contributed by atoms with van der Waals surface area (Å²) in [5.74, 6) is 1.41. The van der Waals surface area contributed by atoms with Crippen LogP contribution in [0.25, 0.3) is 0 Å². The number of nitrogens with one attached hydrogen (secondary N) is 1. The van der Waals surface area contributed by atoms with Gasteiger partial charge >= 0.3 is 11.9 Å². The Hall–Kier alpha value is -3.54. The van der Waals surface area contributed by atoms with Gasteiger partial charge in [0.1, 0.15) is 5.70 Å². The molecule has 2 N–H and O–H groups in total. The quantitative estimate of drug-likeness (QED) is 0.369. The number of aromatic carboxylic acids is 1. The fourth-order valence-corrected chi connectivity index (χ4v) is 4.76. The van der Waals surface area contributed by atoms with E-state index in [4.69, 9.17) is 11.2 Å². The number of carbonyl (C=O) groups excluding carboxylic acids is 1. The van der Waals surface area contributed by atoms with Crippen LogP contribution in [0, 0.1) is 23.0 Å². The van der Waals surface area contributed by atoms with Crippen LogP contribution in [-0.2, 0) is 9.53 Å². The maximum Gasteiger partial charge on any atom is 0.335 e. The smallest absolute Gasteiger partial charge is 0.335 e. The van der Waals surface area contributed by atoms with Gasteiger partial charge in [-0.2, -0.15) is 0 Å². The number of hydroxylamine groups is 2. The van der Waals surface area contributed by atoms with Gasteiger partial charge in [0, 0.05) is 18.0 Å². The molecule has 3 aliphatic rings. The molecule has 35 heavy (non-hydrogen) atoms. The van der Waals surface area contributed by atoms with Crippen molar-refractivity contribution >= 4 is 17.6 Å². The Morgan fingerprint density at radius 2 is 2.00 bits per heavy atom. The number of anilines is 1. The molecular formula is C27H31N3O5. The maximum atomic E-state index is 13.2. The summed E-state index contributed by atoms with van der Waals surface area (Å²) in [6.45, 7) is 5.87. The van der Waals surface area contributed by atoms with Crippen LogP contribution in [0.1, 0.15) is 50.4 Å². The number of esters is 1. The number of hydrogen-bond acceptors (Lipinski definition) is 6. The van der Waals surface area contributed by atoms with Gasteiger partial charge in [0.2, 0.25) is 0 Å². The van der Waals surface area contributed by atoms with Crippen LogP contribution >= 0.6 is 0 Å². The van der Waals surface area contributed by atoms with Crippen LogP contribution in [0.15, 0.2) is 59.0 Å². The van der Waals surface area contributed by atoms with Gasteiger partial charge < -0.3 is 25.0 Å². The Labute approximate surface area is 205 Å². The van der Waals surface area contributed by atoms with Crippen molar-refractivity contribution in [3.8, 4) is 12.3 Å². The number of hydrogen-bond donors (Lipinski definition) is 2. The third kappa shape index (κ3) is 4.97. The standard InChI is InChI=1S/C27H31N3O5/c1-5-13-29(19-11-9-18(10-12-19)25(31)32)23-14-24-22(20-7-6-8-21(20)23)15-28(16-30(24)34)17-35-26(33)27(2,3)4/h1,9-12,14-15,23,30H,6-8,13,16-17H2,2-4H3,(H,31,32). The number of terminal acetylenes is 1.